The Kier molecular flexibility index (Phi) is 14.9. The fraction of sp³-hybridized carbons (Fsp3) is 0.882. The van der Waals surface area contributed by atoms with Gasteiger partial charge in [0.2, 0.25) is 0 Å². The highest BCUT2D eigenvalue weighted by atomic mass is 79.9. The number of rotatable bonds is 14. The van der Waals surface area contributed by atoms with Gasteiger partial charge in [0.25, 0.3) is 0 Å². The lowest BCUT2D eigenvalue weighted by Crippen LogP contribution is -2.28. The minimum Gasteiger partial charge on any atom is -0.465 e. The maximum absolute atomic E-state index is 11.8. The molecule has 0 heterocycles. The zero-order valence-corrected chi connectivity index (χ0v) is 15.7. The normalized spacial score (nSPS) is 10.7. The topological polar surface area (TPSA) is 52.6 Å². The molecule has 5 heteroatoms. The summed E-state index contributed by atoms with van der Waals surface area (Å²) < 4.78 is 9.92. The van der Waals surface area contributed by atoms with Crippen LogP contribution in [0.3, 0.4) is 0 Å². The van der Waals surface area contributed by atoms with Crippen molar-refractivity contribution in [1.29, 1.82) is 0 Å². The van der Waals surface area contributed by atoms with E-state index < -0.39 is 17.9 Å². The molecule has 0 rings (SSSR count). The molecule has 0 aliphatic carbocycles. The minimum absolute atomic E-state index is 0.295. The maximum atomic E-state index is 11.8. The van der Waals surface area contributed by atoms with E-state index in [0.717, 1.165) is 24.6 Å². The molecule has 0 aromatic heterocycles. The van der Waals surface area contributed by atoms with Crippen LogP contribution in [0, 0.1) is 5.92 Å². The van der Waals surface area contributed by atoms with Crippen molar-refractivity contribution in [2.24, 2.45) is 5.92 Å². The van der Waals surface area contributed by atoms with Crippen molar-refractivity contribution in [3.63, 3.8) is 0 Å². The van der Waals surface area contributed by atoms with E-state index in [1.165, 1.54) is 32.1 Å². The first-order chi connectivity index (χ1) is 10.7. The van der Waals surface area contributed by atoms with Gasteiger partial charge in [-0.3, -0.25) is 9.59 Å². The summed E-state index contributed by atoms with van der Waals surface area (Å²) in [7, 11) is 0. The van der Waals surface area contributed by atoms with Gasteiger partial charge in [-0.15, -0.1) is 0 Å². The van der Waals surface area contributed by atoms with Gasteiger partial charge in [-0.25, -0.2) is 0 Å². The molecule has 0 aromatic rings. The molecule has 0 N–H and O–H groups in total. The molecule has 4 nitrogen and oxygen atoms in total. The fourth-order valence-corrected chi connectivity index (χ4v) is 2.72. The number of unbranched alkanes of at least 4 members (excludes halogenated alkanes) is 7. The molecule has 0 aliphatic rings. The van der Waals surface area contributed by atoms with Crippen molar-refractivity contribution in [2.75, 3.05) is 18.5 Å². The summed E-state index contributed by atoms with van der Waals surface area (Å²) in [4.78, 5) is 23.6. The Morgan fingerprint density at radius 3 is 1.59 bits per heavy atom. The number of hydrogen-bond acceptors (Lipinski definition) is 4. The van der Waals surface area contributed by atoms with Crippen LogP contribution in [0.1, 0.15) is 71.6 Å². The van der Waals surface area contributed by atoms with Crippen molar-refractivity contribution >= 4 is 27.9 Å². The third kappa shape index (κ3) is 11.0. The van der Waals surface area contributed by atoms with E-state index in [-0.39, 0.29) is 0 Å². The Morgan fingerprint density at radius 2 is 1.18 bits per heavy atom. The summed E-state index contributed by atoms with van der Waals surface area (Å²) in [6, 6.07) is 0. The number of halogens is 1. The first-order valence-electron chi connectivity index (χ1n) is 8.56. The van der Waals surface area contributed by atoms with Gasteiger partial charge in [-0.2, -0.15) is 0 Å². The average molecular weight is 379 g/mol. The van der Waals surface area contributed by atoms with Crippen LogP contribution in [-0.2, 0) is 19.1 Å². The molecule has 0 unspecified atom stereocenters. The molecule has 0 saturated heterocycles. The number of hydrogen-bond donors (Lipinski definition) is 0. The van der Waals surface area contributed by atoms with Gasteiger partial charge in [0.1, 0.15) is 0 Å². The van der Waals surface area contributed by atoms with Crippen LogP contribution in [0.25, 0.3) is 0 Å². The number of carbonyl (C=O) groups is 2. The zero-order valence-electron chi connectivity index (χ0n) is 14.1. The van der Waals surface area contributed by atoms with Crippen molar-refractivity contribution in [3.05, 3.63) is 0 Å². The Balaban J connectivity index is 3.84. The lowest BCUT2D eigenvalue weighted by Gasteiger charge is -2.14. The van der Waals surface area contributed by atoms with E-state index in [1.807, 2.05) is 0 Å². The van der Waals surface area contributed by atoms with Gasteiger partial charge >= 0.3 is 11.9 Å². The molecular formula is C17H31BrO4. The van der Waals surface area contributed by atoms with Gasteiger partial charge < -0.3 is 9.47 Å². The van der Waals surface area contributed by atoms with Crippen molar-refractivity contribution < 1.29 is 19.1 Å². The van der Waals surface area contributed by atoms with Gasteiger partial charge in [0.15, 0.2) is 5.92 Å². The SMILES string of the molecule is CCOC(=O)C(CCCCCCCCCCBr)C(=O)OCC. The highest BCUT2D eigenvalue weighted by Crippen LogP contribution is 2.16. The summed E-state index contributed by atoms with van der Waals surface area (Å²) in [5, 5.41) is 1.09. The Bertz CT molecular complexity index is 276. The molecule has 22 heavy (non-hydrogen) atoms. The molecule has 0 bridgehead atoms. The molecule has 0 amide bonds. The van der Waals surface area contributed by atoms with Gasteiger partial charge in [-0.05, 0) is 26.7 Å². The van der Waals surface area contributed by atoms with Crippen LogP contribution in [0.15, 0.2) is 0 Å². The average Bonchev–Trinajstić information content (AvgIpc) is 2.49. The van der Waals surface area contributed by atoms with Crippen molar-refractivity contribution in [1.82, 2.24) is 0 Å². The second-order valence-electron chi connectivity index (χ2n) is 5.36. The number of carbonyl (C=O) groups excluding carboxylic acids is 2. The molecule has 0 fully saturated rings. The lowest BCUT2D eigenvalue weighted by molar-refractivity contribution is -0.161. The zero-order chi connectivity index (χ0) is 16.6. The molecule has 0 spiro atoms. The number of alkyl halides is 1. The van der Waals surface area contributed by atoms with Crippen molar-refractivity contribution in [3.8, 4) is 0 Å². The Labute approximate surface area is 143 Å². The number of esters is 2. The summed E-state index contributed by atoms with van der Waals surface area (Å²) >= 11 is 3.44. The largest absolute Gasteiger partial charge is 0.465 e. The molecule has 0 saturated carbocycles. The van der Waals surface area contributed by atoms with Crippen molar-refractivity contribution in [2.45, 2.75) is 71.6 Å². The van der Waals surface area contributed by atoms with Crippen LogP contribution in [0.4, 0.5) is 0 Å². The van der Waals surface area contributed by atoms with E-state index in [1.54, 1.807) is 13.8 Å². The van der Waals surface area contributed by atoms with E-state index in [9.17, 15) is 9.59 Å². The van der Waals surface area contributed by atoms with Crippen LogP contribution in [0.2, 0.25) is 0 Å². The smallest absolute Gasteiger partial charge is 0.320 e. The molecule has 0 aromatic carbocycles. The highest BCUT2D eigenvalue weighted by Gasteiger charge is 2.28. The summed E-state index contributed by atoms with van der Waals surface area (Å²) in [5.41, 5.74) is 0. The van der Waals surface area contributed by atoms with E-state index in [2.05, 4.69) is 15.9 Å². The third-order valence-corrected chi connectivity index (χ3v) is 4.08. The van der Waals surface area contributed by atoms with Gasteiger partial charge in [0.05, 0.1) is 13.2 Å². The summed E-state index contributed by atoms with van der Waals surface area (Å²) in [6.07, 6.45) is 9.93. The molecule has 0 atom stereocenters. The Hall–Kier alpha value is -0.580. The van der Waals surface area contributed by atoms with Crippen LogP contribution in [0.5, 0.6) is 0 Å². The van der Waals surface area contributed by atoms with Crippen LogP contribution < -0.4 is 0 Å². The van der Waals surface area contributed by atoms with Crippen LogP contribution >= 0.6 is 15.9 Å². The minimum atomic E-state index is -0.751. The third-order valence-electron chi connectivity index (χ3n) is 3.52. The fourth-order valence-electron chi connectivity index (χ4n) is 2.32. The second kappa shape index (κ2) is 15.3. The first kappa shape index (κ1) is 21.4. The number of ether oxygens (including phenoxy) is 2. The summed E-state index contributed by atoms with van der Waals surface area (Å²) in [5.74, 6) is -1.65. The van der Waals surface area contributed by atoms with Gasteiger partial charge in [0, 0.05) is 5.33 Å². The molecule has 0 aliphatic heterocycles. The lowest BCUT2D eigenvalue weighted by atomic mass is 10.00. The molecule has 130 valence electrons. The standard InChI is InChI=1S/C17H31BrO4/c1-3-21-16(19)15(17(20)22-4-2)13-11-9-7-5-6-8-10-12-14-18/h15H,3-14H2,1-2H3. The van der Waals surface area contributed by atoms with E-state index in [4.69, 9.17) is 9.47 Å². The van der Waals surface area contributed by atoms with Gasteiger partial charge in [-0.1, -0.05) is 60.9 Å². The molecule has 0 radical (unpaired) electrons. The predicted molar refractivity (Wildman–Crippen MR) is 92.1 cm³/mol. The predicted octanol–water partition coefficient (Wildman–Crippen LogP) is 4.63. The van der Waals surface area contributed by atoms with Crippen LogP contribution in [-0.4, -0.2) is 30.5 Å². The highest BCUT2D eigenvalue weighted by molar-refractivity contribution is 9.09. The Morgan fingerprint density at radius 1 is 0.773 bits per heavy atom. The van der Waals surface area contributed by atoms with E-state index >= 15 is 0 Å². The maximum Gasteiger partial charge on any atom is 0.320 e. The monoisotopic (exact) mass is 378 g/mol. The second-order valence-corrected chi connectivity index (χ2v) is 6.16. The van der Waals surface area contributed by atoms with E-state index in [0.29, 0.717) is 19.6 Å². The molecular weight excluding hydrogens is 348 g/mol. The first-order valence-corrected chi connectivity index (χ1v) is 9.68. The quantitative estimate of drug-likeness (QED) is 0.191. The summed E-state index contributed by atoms with van der Waals surface area (Å²) in [6.45, 7) is 4.08.